The lowest BCUT2D eigenvalue weighted by atomic mass is 9.44. The van der Waals surface area contributed by atoms with E-state index in [4.69, 9.17) is 29.4 Å². The molecule has 4 aliphatic carbocycles. The Morgan fingerprint density at radius 3 is 2.29 bits per heavy atom. The van der Waals surface area contributed by atoms with Gasteiger partial charge in [-0.3, -0.25) is 19.2 Å². The summed E-state index contributed by atoms with van der Waals surface area (Å²) >= 11 is 0. The second-order valence-electron chi connectivity index (χ2n) is 22.2. The second kappa shape index (κ2) is 17.8. The molecule has 0 aromatic heterocycles. The maximum Gasteiger partial charge on any atom is 0.333 e. The van der Waals surface area contributed by atoms with Crippen molar-refractivity contribution in [3.8, 4) is 17.2 Å². The molecule has 2 saturated heterocycles. The van der Waals surface area contributed by atoms with Gasteiger partial charge in [-0.15, -0.1) is 0 Å². The number of fused-ring (bicyclic) bond motifs is 5. The Labute approximate surface area is 422 Å². The second-order valence-corrected chi connectivity index (χ2v) is 22.2. The van der Waals surface area contributed by atoms with Gasteiger partial charge in [0.05, 0.1) is 35.2 Å². The Bertz CT molecular complexity index is 2920. The number of likely N-dealkylation sites (N-methyl/N-ethyl adjacent to an activating group) is 1. The average Bonchev–Trinajstić information content (AvgIpc) is 3.70. The highest BCUT2D eigenvalue weighted by molar-refractivity contribution is 6.23. The van der Waals surface area contributed by atoms with Gasteiger partial charge in [0.25, 0.3) is 0 Å². The lowest BCUT2D eigenvalue weighted by Crippen LogP contribution is -2.75. The zero-order valence-corrected chi connectivity index (χ0v) is 43.4. The van der Waals surface area contributed by atoms with Crippen molar-refractivity contribution in [1.82, 2.24) is 14.7 Å². The molecule has 0 radical (unpaired) electrons. The van der Waals surface area contributed by atoms with Crippen LogP contribution in [0.4, 0.5) is 0 Å². The molecule has 6 unspecified atom stereocenters. The van der Waals surface area contributed by atoms with Crippen molar-refractivity contribution in [1.29, 1.82) is 0 Å². The highest BCUT2D eigenvalue weighted by atomic mass is 16.6. The Kier molecular flexibility index (Phi) is 12.3. The number of carbonyl (C=O) groups is 5. The number of ketones is 2. The van der Waals surface area contributed by atoms with Gasteiger partial charge in [0.15, 0.2) is 28.5 Å². The van der Waals surface area contributed by atoms with Gasteiger partial charge in [-0.1, -0.05) is 53.6 Å². The minimum absolute atomic E-state index is 0.0365. The van der Waals surface area contributed by atoms with Crippen LogP contribution in [-0.4, -0.2) is 120 Å². The summed E-state index contributed by atoms with van der Waals surface area (Å²) in [4.78, 5) is 79.0. The SMILES string of the molecule is COC(=O)C(C)=CCC12OC(C)(C)C3CC(C1=O)C1C4=C(c5ccccc5C4=O)N(CCN)C4=C1C32Oc1c(CC=C(C)C)c2c(c(OC(=O)CC(=O)N3CCN(C)CC3)c14)C=CC(C)(CCC=C(C)C)O2. The molecule has 3 saturated carbocycles. The van der Waals surface area contributed by atoms with Crippen LogP contribution in [0.5, 0.6) is 17.2 Å². The van der Waals surface area contributed by atoms with E-state index in [1.807, 2.05) is 78.1 Å². The molecule has 5 heterocycles. The minimum Gasteiger partial charge on any atom is -0.482 e. The molecule has 2 N–H and O–H groups in total. The summed E-state index contributed by atoms with van der Waals surface area (Å²) in [7, 11) is 3.32. The van der Waals surface area contributed by atoms with Crippen molar-refractivity contribution in [2.24, 2.45) is 23.5 Å². The number of carbonyl (C=O) groups excluding carboxylic acids is 5. The zero-order valence-electron chi connectivity index (χ0n) is 43.4. The summed E-state index contributed by atoms with van der Waals surface area (Å²) in [5, 5.41) is 0. The maximum absolute atomic E-state index is 16.1. The monoisotopic (exact) mass is 980 g/mol. The van der Waals surface area contributed by atoms with E-state index in [1.165, 1.54) is 12.7 Å². The van der Waals surface area contributed by atoms with E-state index < -0.39 is 58.5 Å². The molecule has 9 aliphatic rings. The molecule has 4 bridgehead atoms. The highest BCUT2D eigenvalue weighted by Gasteiger charge is 2.84. The number of benzene rings is 2. The molecule has 380 valence electrons. The number of nitrogens with two attached hydrogens (primary N) is 1. The number of allylic oxidation sites excluding steroid dienone is 5. The van der Waals surface area contributed by atoms with Crippen LogP contribution in [0.25, 0.3) is 17.5 Å². The first-order chi connectivity index (χ1) is 34.2. The van der Waals surface area contributed by atoms with Crippen LogP contribution in [0.3, 0.4) is 0 Å². The summed E-state index contributed by atoms with van der Waals surface area (Å²) in [5.74, 6) is -2.99. The van der Waals surface area contributed by atoms with Gasteiger partial charge in [0, 0.05) is 96.9 Å². The molecule has 6 atom stereocenters. The van der Waals surface area contributed by atoms with Crippen LogP contribution in [0.2, 0.25) is 0 Å². The van der Waals surface area contributed by atoms with Crippen LogP contribution in [0, 0.1) is 17.8 Å². The topological polar surface area (TPSA) is 167 Å². The first kappa shape index (κ1) is 49.5. The summed E-state index contributed by atoms with van der Waals surface area (Å²) in [6.45, 7) is 18.6. The number of piperazine rings is 1. The third-order valence-corrected chi connectivity index (χ3v) is 16.5. The molecule has 2 aromatic carbocycles. The molecule has 14 heteroatoms. The molecule has 11 rings (SSSR count). The summed E-state index contributed by atoms with van der Waals surface area (Å²) in [6.07, 6.45) is 11.5. The van der Waals surface area contributed by atoms with E-state index >= 15 is 9.59 Å². The largest absolute Gasteiger partial charge is 0.482 e. The van der Waals surface area contributed by atoms with E-state index in [0.717, 1.165) is 12.0 Å². The van der Waals surface area contributed by atoms with Gasteiger partial charge in [-0.05, 0) is 100 Å². The van der Waals surface area contributed by atoms with Crippen LogP contribution < -0.4 is 19.9 Å². The average molecular weight is 981 g/mol. The van der Waals surface area contributed by atoms with Gasteiger partial charge < -0.3 is 44.1 Å². The van der Waals surface area contributed by atoms with E-state index in [-0.39, 0.29) is 42.7 Å². The normalized spacial score (nSPS) is 28.1. The Morgan fingerprint density at radius 1 is 0.903 bits per heavy atom. The number of hydrogen-bond donors (Lipinski definition) is 1. The van der Waals surface area contributed by atoms with Gasteiger partial charge in [0.2, 0.25) is 5.91 Å². The predicted octanol–water partition coefficient (Wildman–Crippen LogP) is 7.79. The molecule has 1 amide bonds. The van der Waals surface area contributed by atoms with Crippen LogP contribution in [-0.2, 0) is 35.1 Å². The number of Topliss-reactive ketones (excluding diaryl/α,β-unsaturated/α-hetero) is 2. The number of hydrogen-bond acceptors (Lipinski definition) is 13. The third-order valence-electron chi connectivity index (χ3n) is 16.5. The summed E-state index contributed by atoms with van der Waals surface area (Å²) in [6, 6.07) is 7.51. The number of methoxy groups -OCH3 is 1. The van der Waals surface area contributed by atoms with E-state index in [2.05, 4.69) is 35.8 Å². The van der Waals surface area contributed by atoms with E-state index in [9.17, 15) is 14.4 Å². The number of rotatable bonds is 13. The van der Waals surface area contributed by atoms with Crippen molar-refractivity contribution >= 4 is 46.9 Å². The lowest BCUT2D eigenvalue weighted by Gasteiger charge is -2.63. The van der Waals surface area contributed by atoms with Gasteiger partial charge in [0.1, 0.15) is 23.5 Å². The standard InChI is InChI=1S/C58H68N4O10/c1-32(2)14-13-21-56(8)22-20-38-50(70-56)37(18-17-33(3)4)52-45(51(38)69-42(64)31-41(63)61-28-26-60(9)27-29-61)48-46-43(44-47(62(48)25-24-59)35-15-11-12-16-36(35)49(44)65)39-30-40-55(6,7)72-57(53(39)66,58(40,46)71-52)23-19-34(5)54(67)68-10/h11-12,14-17,19-20,22,39-40,43H,13,18,21,23-31,59H2,1-10H3. The first-order valence-corrected chi connectivity index (χ1v) is 25.6. The Morgan fingerprint density at radius 2 is 1.61 bits per heavy atom. The zero-order chi connectivity index (χ0) is 51.4. The molecule has 2 aromatic rings. The van der Waals surface area contributed by atoms with E-state index in [0.29, 0.717) is 113 Å². The van der Waals surface area contributed by atoms with Gasteiger partial charge in [-0.25, -0.2) is 4.79 Å². The molecular weight excluding hydrogens is 913 g/mol. The maximum atomic E-state index is 16.1. The van der Waals surface area contributed by atoms with E-state index in [1.54, 1.807) is 17.9 Å². The fourth-order valence-electron chi connectivity index (χ4n) is 13.2. The third kappa shape index (κ3) is 7.40. The van der Waals surface area contributed by atoms with Gasteiger partial charge in [-0.2, -0.15) is 0 Å². The number of nitrogens with zero attached hydrogens (tertiary/aromatic N) is 3. The Balaban J connectivity index is 1.30. The van der Waals surface area contributed by atoms with Crippen LogP contribution >= 0.6 is 0 Å². The fourth-order valence-corrected chi connectivity index (χ4v) is 13.2. The van der Waals surface area contributed by atoms with Crippen LogP contribution in [0.15, 0.2) is 76.4 Å². The molecular formula is C58H68N4O10. The summed E-state index contributed by atoms with van der Waals surface area (Å²) in [5.41, 5.74) is 9.47. The minimum atomic E-state index is -1.70. The van der Waals surface area contributed by atoms with Crippen molar-refractivity contribution < 1.29 is 47.7 Å². The lowest BCUT2D eigenvalue weighted by molar-refractivity contribution is -0.181. The van der Waals surface area contributed by atoms with Crippen molar-refractivity contribution in [2.45, 2.75) is 116 Å². The van der Waals surface area contributed by atoms with Crippen molar-refractivity contribution in [3.05, 3.63) is 104 Å². The number of amides is 1. The molecule has 14 nitrogen and oxygen atoms in total. The van der Waals surface area contributed by atoms with Crippen LogP contribution in [0.1, 0.15) is 120 Å². The number of esters is 2. The fraction of sp³-hybridized carbons (Fsp3) is 0.500. The Hall–Kier alpha value is -6.09. The van der Waals surface area contributed by atoms with Gasteiger partial charge >= 0.3 is 11.9 Å². The van der Waals surface area contributed by atoms with Crippen molar-refractivity contribution in [2.75, 3.05) is 53.4 Å². The molecule has 72 heavy (non-hydrogen) atoms. The molecule has 1 spiro atoms. The first-order valence-electron chi connectivity index (χ1n) is 25.6. The quantitative estimate of drug-likeness (QED) is 0.0680. The molecule has 5 fully saturated rings. The molecule has 5 aliphatic heterocycles. The van der Waals surface area contributed by atoms with Crippen molar-refractivity contribution in [3.63, 3.8) is 0 Å². The number of ether oxygens (including phenoxy) is 5. The summed E-state index contributed by atoms with van der Waals surface area (Å²) < 4.78 is 34.5. The predicted molar refractivity (Wildman–Crippen MR) is 273 cm³/mol. The smallest absolute Gasteiger partial charge is 0.333 e. The highest BCUT2D eigenvalue weighted by Crippen LogP contribution is 2.75.